The summed E-state index contributed by atoms with van der Waals surface area (Å²) < 4.78 is 36.9. The second kappa shape index (κ2) is 4.24. The van der Waals surface area contributed by atoms with Gasteiger partial charge in [0.1, 0.15) is 0 Å². The third-order valence-electron chi connectivity index (χ3n) is 3.07. The third kappa shape index (κ3) is 2.31. The van der Waals surface area contributed by atoms with Gasteiger partial charge in [0, 0.05) is 25.5 Å². The molecule has 2 N–H and O–H groups in total. The Labute approximate surface area is 102 Å². The van der Waals surface area contributed by atoms with Crippen LogP contribution in [-0.4, -0.2) is 35.1 Å². The van der Waals surface area contributed by atoms with Crippen LogP contribution in [-0.2, 0) is 10.3 Å². The molecule has 0 aliphatic carbocycles. The highest BCUT2D eigenvalue weighted by Gasteiger charge is 2.47. The number of aromatic nitrogens is 1. The molecule has 1 aliphatic rings. The highest BCUT2D eigenvalue weighted by atomic mass is 19.4. The molecular formula is C11H12F3N3O. The Kier molecular flexibility index (Phi) is 3.02. The molecule has 0 bridgehead atoms. The van der Waals surface area contributed by atoms with Gasteiger partial charge in [-0.1, -0.05) is 6.07 Å². The van der Waals surface area contributed by atoms with E-state index in [1.165, 1.54) is 6.20 Å². The maximum absolute atomic E-state index is 12.3. The van der Waals surface area contributed by atoms with Gasteiger partial charge in [0.15, 0.2) is 0 Å². The fraction of sp³-hybridized carbons (Fsp3) is 0.455. The Hall–Kier alpha value is -1.63. The summed E-state index contributed by atoms with van der Waals surface area (Å²) >= 11 is 0. The van der Waals surface area contributed by atoms with E-state index in [4.69, 9.17) is 5.73 Å². The predicted molar refractivity (Wildman–Crippen MR) is 57.4 cm³/mol. The number of nitrogens with zero attached hydrogens (tertiary/aromatic N) is 2. The van der Waals surface area contributed by atoms with Crippen molar-refractivity contribution in [3.63, 3.8) is 0 Å². The van der Waals surface area contributed by atoms with Gasteiger partial charge in [-0.05, 0) is 18.1 Å². The Morgan fingerprint density at radius 3 is 2.78 bits per heavy atom. The van der Waals surface area contributed by atoms with Crippen molar-refractivity contribution in [2.24, 2.45) is 5.73 Å². The molecule has 2 rings (SSSR count). The lowest BCUT2D eigenvalue weighted by molar-refractivity contribution is -0.184. The molecule has 0 aromatic carbocycles. The molecule has 1 aromatic heterocycles. The molecule has 1 unspecified atom stereocenters. The monoisotopic (exact) mass is 259 g/mol. The molecular weight excluding hydrogens is 247 g/mol. The van der Waals surface area contributed by atoms with Gasteiger partial charge >= 0.3 is 12.1 Å². The van der Waals surface area contributed by atoms with Crippen LogP contribution in [0.15, 0.2) is 24.5 Å². The molecule has 0 spiro atoms. The summed E-state index contributed by atoms with van der Waals surface area (Å²) in [5.41, 5.74) is 5.74. The first kappa shape index (κ1) is 12.8. The summed E-state index contributed by atoms with van der Waals surface area (Å²) in [5, 5.41) is 0. The molecule has 7 heteroatoms. The fourth-order valence-electron chi connectivity index (χ4n) is 2.08. The standard InChI is InChI=1S/C11H12F3N3O/c12-11(13,14)9(18)17-5-3-10(15,7-17)8-2-1-4-16-6-8/h1-2,4,6H,3,5,7,15H2. The van der Waals surface area contributed by atoms with Gasteiger partial charge in [0.2, 0.25) is 0 Å². The maximum atomic E-state index is 12.3. The van der Waals surface area contributed by atoms with Gasteiger partial charge in [0.25, 0.3) is 0 Å². The molecule has 1 saturated heterocycles. The Balaban J connectivity index is 2.15. The van der Waals surface area contributed by atoms with Gasteiger partial charge in [-0.2, -0.15) is 13.2 Å². The van der Waals surface area contributed by atoms with E-state index in [9.17, 15) is 18.0 Å². The minimum atomic E-state index is -4.85. The zero-order valence-corrected chi connectivity index (χ0v) is 9.44. The minimum absolute atomic E-state index is 0.00371. The normalized spacial score (nSPS) is 24.3. The van der Waals surface area contributed by atoms with Crippen molar-refractivity contribution in [1.29, 1.82) is 0 Å². The van der Waals surface area contributed by atoms with E-state index >= 15 is 0 Å². The number of hydrogen-bond donors (Lipinski definition) is 1. The first-order chi connectivity index (χ1) is 8.33. The summed E-state index contributed by atoms with van der Waals surface area (Å²) in [7, 11) is 0. The van der Waals surface area contributed by atoms with Crippen molar-refractivity contribution in [2.45, 2.75) is 18.1 Å². The van der Waals surface area contributed by atoms with E-state index in [1.54, 1.807) is 18.3 Å². The topological polar surface area (TPSA) is 59.2 Å². The first-order valence-electron chi connectivity index (χ1n) is 5.38. The van der Waals surface area contributed by atoms with Gasteiger partial charge in [-0.15, -0.1) is 0 Å². The lowest BCUT2D eigenvalue weighted by atomic mass is 9.92. The van der Waals surface area contributed by atoms with Crippen molar-refractivity contribution >= 4 is 5.91 Å². The summed E-state index contributed by atoms with van der Waals surface area (Å²) in [6.07, 6.45) is -1.48. The predicted octanol–water partition coefficient (Wildman–Crippen LogP) is 1.03. The van der Waals surface area contributed by atoms with Gasteiger partial charge in [-0.25, -0.2) is 0 Å². The number of likely N-dealkylation sites (tertiary alicyclic amines) is 1. The van der Waals surface area contributed by atoms with Crippen molar-refractivity contribution in [3.8, 4) is 0 Å². The highest BCUT2D eigenvalue weighted by Crippen LogP contribution is 2.31. The third-order valence-corrected chi connectivity index (χ3v) is 3.07. The Morgan fingerprint density at radius 1 is 1.50 bits per heavy atom. The second-order valence-electron chi connectivity index (χ2n) is 4.37. The van der Waals surface area contributed by atoms with E-state index in [0.29, 0.717) is 12.0 Å². The molecule has 1 aromatic rings. The van der Waals surface area contributed by atoms with Crippen LogP contribution < -0.4 is 5.73 Å². The number of carbonyl (C=O) groups is 1. The minimum Gasteiger partial charge on any atom is -0.333 e. The molecule has 0 radical (unpaired) electrons. The van der Waals surface area contributed by atoms with Crippen LogP contribution in [0.1, 0.15) is 12.0 Å². The number of amides is 1. The van der Waals surface area contributed by atoms with Crippen LogP contribution in [0.25, 0.3) is 0 Å². The number of rotatable bonds is 1. The SMILES string of the molecule is NC1(c2cccnc2)CCN(C(=O)C(F)(F)F)C1. The van der Waals surface area contributed by atoms with Crippen LogP contribution in [0.2, 0.25) is 0 Å². The smallest absolute Gasteiger partial charge is 0.333 e. The number of halogens is 3. The van der Waals surface area contributed by atoms with E-state index in [-0.39, 0.29) is 13.1 Å². The summed E-state index contributed by atoms with van der Waals surface area (Å²) in [5.74, 6) is -1.83. The molecule has 1 aliphatic heterocycles. The average molecular weight is 259 g/mol. The summed E-state index contributed by atoms with van der Waals surface area (Å²) in [6.45, 7) is -0.138. The first-order valence-corrected chi connectivity index (χ1v) is 5.38. The van der Waals surface area contributed by atoms with Crippen molar-refractivity contribution in [1.82, 2.24) is 9.88 Å². The molecule has 98 valence electrons. The van der Waals surface area contributed by atoms with E-state index in [0.717, 1.165) is 4.90 Å². The molecule has 1 fully saturated rings. The van der Waals surface area contributed by atoms with E-state index in [2.05, 4.69) is 4.98 Å². The van der Waals surface area contributed by atoms with Crippen molar-refractivity contribution in [2.75, 3.05) is 13.1 Å². The van der Waals surface area contributed by atoms with Crippen molar-refractivity contribution < 1.29 is 18.0 Å². The quantitative estimate of drug-likeness (QED) is 0.819. The van der Waals surface area contributed by atoms with Crippen LogP contribution in [0.4, 0.5) is 13.2 Å². The largest absolute Gasteiger partial charge is 0.471 e. The van der Waals surface area contributed by atoms with E-state index in [1.807, 2.05) is 0 Å². The summed E-state index contributed by atoms with van der Waals surface area (Å²) in [6, 6.07) is 3.37. The molecule has 1 atom stereocenters. The number of hydrogen-bond acceptors (Lipinski definition) is 3. The number of nitrogens with two attached hydrogens (primary N) is 1. The zero-order valence-electron chi connectivity index (χ0n) is 9.44. The van der Waals surface area contributed by atoms with Crippen LogP contribution in [0.3, 0.4) is 0 Å². The van der Waals surface area contributed by atoms with Gasteiger partial charge in [-0.3, -0.25) is 9.78 Å². The second-order valence-corrected chi connectivity index (χ2v) is 4.37. The molecule has 4 nitrogen and oxygen atoms in total. The molecule has 0 saturated carbocycles. The maximum Gasteiger partial charge on any atom is 0.471 e. The lowest BCUT2D eigenvalue weighted by Crippen LogP contribution is -2.44. The fourth-order valence-corrected chi connectivity index (χ4v) is 2.08. The van der Waals surface area contributed by atoms with Gasteiger partial charge in [0.05, 0.1) is 5.54 Å². The number of carbonyl (C=O) groups excluding carboxylic acids is 1. The van der Waals surface area contributed by atoms with Gasteiger partial charge < -0.3 is 10.6 Å². The zero-order chi connectivity index (χ0) is 13.4. The lowest BCUT2D eigenvalue weighted by Gasteiger charge is -2.25. The summed E-state index contributed by atoms with van der Waals surface area (Å²) in [4.78, 5) is 15.7. The van der Waals surface area contributed by atoms with Crippen LogP contribution >= 0.6 is 0 Å². The molecule has 18 heavy (non-hydrogen) atoms. The number of pyridine rings is 1. The Bertz CT molecular complexity index is 449. The highest BCUT2D eigenvalue weighted by molar-refractivity contribution is 5.82. The Morgan fingerprint density at radius 2 is 2.22 bits per heavy atom. The number of alkyl halides is 3. The molecule has 2 heterocycles. The van der Waals surface area contributed by atoms with Crippen LogP contribution in [0.5, 0.6) is 0 Å². The average Bonchev–Trinajstić information content (AvgIpc) is 2.72. The molecule has 1 amide bonds. The van der Waals surface area contributed by atoms with Crippen molar-refractivity contribution in [3.05, 3.63) is 30.1 Å². The van der Waals surface area contributed by atoms with E-state index < -0.39 is 17.6 Å². The van der Waals surface area contributed by atoms with Crippen LogP contribution in [0, 0.1) is 0 Å².